The molecule has 0 bridgehead atoms. The van der Waals surface area contributed by atoms with Crippen molar-refractivity contribution in [1.29, 1.82) is 0 Å². The summed E-state index contributed by atoms with van der Waals surface area (Å²) in [5.74, 6) is -0.607. The number of aromatic nitrogens is 2. The van der Waals surface area contributed by atoms with Crippen LogP contribution in [-0.2, 0) is 9.31 Å². The van der Waals surface area contributed by atoms with Gasteiger partial charge in [-0.25, -0.2) is 8.91 Å². The van der Waals surface area contributed by atoms with Gasteiger partial charge < -0.3 is 20.4 Å². The normalized spacial score (nSPS) is 24.4. The Labute approximate surface area is 176 Å². The maximum Gasteiger partial charge on any atom is 0.496 e. The van der Waals surface area contributed by atoms with Gasteiger partial charge in [0.15, 0.2) is 0 Å². The van der Waals surface area contributed by atoms with Crippen molar-refractivity contribution in [2.75, 3.05) is 5.32 Å². The molecule has 2 aromatic heterocycles. The lowest BCUT2D eigenvalue weighted by Gasteiger charge is -2.32. The lowest BCUT2D eigenvalue weighted by atomic mass is 9.81. The molecule has 2 aromatic rings. The molecule has 1 amide bonds. The van der Waals surface area contributed by atoms with Gasteiger partial charge in [-0.1, -0.05) is 0 Å². The molecule has 160 valence electrons. The maximum absolute atomic E-state index is 14.2. The summed E-state index contributed by atoms with van der Waals surface area (Å²) in [7, 11) is -0.558. The number of fused-ring (bicyclic) bond motifs is 1. The van der Waals surface area contributed by atoms with Crippen molar-refractivity contribution >= 4 is 29.7 Å². The van der Waals surface area contributed by atoms with Crippen LogP contribution >= 0.6 is 0 Å². The van der Waals surface area contributed by atoms with E-state index in [1.807, 2.05) is 33.8 Å². The summed E-state index contributed by atoms with van der Waals surface area (Å²) in [5.41, 5.74) is 6.76. The molecule has 1 saturated heterocycles. The Bertz CT molecular complexity index is 956. The van der Waals surface area contributed by atoms with Crippen molar-refractivity contribution in [2.45, 2.75) is 70.4 Å². The van der Waals surface area contributed by atoms with Crippen LogP contribution in [0.25, 0.3) is 5.52 Å². The van der Waals surface area contributed by atoms with Crippen molar-refractivity contribution in [3.8, 4) is 12.8 Å². The largest absolute Gasteiger partial charge is 0.496 e. The number of nitrogens with two attached hydrogens (primary N) is 1. The summed E-state index contributed by atoms with van der Waals surface area (Å²) in [4.78, 5) is 11.9. The van der Waals surface area contributed by atoms with E-state index in [0.29, 0.717) is 24.0 Å². The van der Waals surface area contributed by atoms with Gasteiger partial charge in [-0.3, -0.25) is 4.79 Å². The van der Waals surface area contributed by atoms with Crippen LogP contribution in [0.1, 0.15) is 57.3 Å². The van der Waals surface area contributed by atoms with Crippen molar-refractivity contribution in [1.82, 2.24) is 9.61 Å². The van der Waals surface area contributed by atoms with Gasteiger partial charge in [-0.2, -0.15) is 5.10 Å². The molecule has 2 atom stereocenters. The van der Waals surface area contributed by atoms with E-state index >= 15 is 0 Å². The molecule has 9 heteroatoms. The molecule has 3 N–H and O–H groups in total. The molecule has 1 saturated carbocycles. The number of nitrogens with zero attached hydrogens (tertiary/aromatic N) is 2. The van der Waals surface area contributed by atoms with Crippen LogP contribution in [0.2, 0.25) is 0 Å². The molecule has 30 heavy (non-hydrogen) atoms. The monoisotopic (exact) mass is 414 g/mol. The Hall–Kier alpha value is -2.57. The highest BCUT2D eigenvalue weighted by atomic mass is 19.1. The van der Waals surface area contributed by atoms with Gasteiger partial charge in [0.1, 0.15) is 6.17 Å². The number of nitrogens with one attached hydrogen (secondary N) is 1. The molecule has 1 aliphatic heterocycles. The summed E-state index contributed by atoms with van der Waals surface area (Å²) in [5, 5.41) is 7.49. The number of halogens is 1. The maximum atomic E-state index is 14.2. The van der Waals surface area contributed by atoms with E-state index in [1.165, 1.54) is 6.20 Å². The second-order valence-corrected chi connectivity index (χ2v) is 8.69. The molecule has 7 nitrogen and oxygen atoms in total. The minimum atomic E-state index is -0.952. The van der Waals surface area contributed by atoms with Crippen LogP contribution in [0.3, 0.4) is 0 Å². The summed E-state index contributed by atoms with van der Waals surface area (Å²) in [6.45, 7) is 7.95. The topological polar surface area (TPSA) is 90.9 Å². The molecule has 1 aliphatic carbocycles. The highest BCUT2D eigenvalue weighted by molar-refractivity contribution is 6.62. The first-order valence-corrected chi connectivity index (χ1v) is 10.00. The summed E-state index contributed by atoms with van der Waals surface area (Å²) in [6, 6.07) is 1.51. The van der Waals surface area contributed by atoms with Gasteiger partial charge in [-0.05, 0) is 53.0 Å². The molecule has 0 unspecified atom stereocenters. The predicted octanol–water partition coefficient (Wildman–Crippen LogP) is 2.28. The fraction of sp³-hybridized carbons (Fsp3) is 0.524. The fourth-order valence-electron chi connectivity index (χ4n) is 3.79. The van der Waals surface area contributed by atoms with Crippen LogP contribution < -0.4 is 16.5 Å². The predicted molar refractivity (Wildman–Crippen MR) is 115 cm³/mol. The quantitative estimate of drug-likeness (QED) is 0.592. The van der Waals surface area contributed by atoms with E-state index in [1.54, 1.807) is 10.7 Å². The lowest BCUT2D eigenvalue weighted by Crippen LogP contribution is -2.41. The third kappa shape index (κ3) is 3.77. The molecule has 3 heterocycles. The van der Waals surface area contributed by atoms with Crippen LogP contribution in [-0.4, -0.2) is 46.1 Å². The van der Waals surface area contributed by atoms with E-state index in [4.69, 9.17) is 15.0 Å². The van der Waals surface area contributed by atoms with Crippen LogP contribution in [0.15, 0.2) is 18.5 Å². The highest BCUT2D eigenvalue weighted by Gasteiger charge is 2.52. The standard InChI is InChI=1S/C19H26BFN4O3.C2H2/c1-18(2)19(3,4)28-20(27-18)11-8-15-16(24-14-7-5-6-13(14)21)12(17(22)26)9-23-25(15)10-11;1-2/h8-10,13-14,24H,5-7H2,1-4H3,(H2,22,26);1-2H/t13-,14+;/m0./s1. The van der Waals surface area contributed by atoms with Crippen molar-refractivity contribution < 1.29 is 18.5 Å². The van der Waals surface area contributed by atoms with Crippen LogP contribution in [0, 0.1) is 12.8 Å². The fourth-order valence-corrected chi connectivity index (χ4v) is 3.79. The van der Waals surface area contributed by atoms with Gasteiger partial charge >= 0.3 is 7.12 Å². The van der Waals surface area contributed by atoms with Gasteiger partial charge in [0.05, 0.1) is 40.2 Å². The SMILES string of the molecule is C#C.CC1(C)OB(c2cc3c(N[C@@H]4CCC[C@@H]4F)c(C(N)=O)cnn3c2)OC1(C)C. The minimum Gasteiger partial charge on any atom is -0.399 e. The molecule has 2 fully saturated rings. The molecule has 0 spiro atoms. The van der Waals surface area contributed by atoms with E-state index in [-0.39, 0.29) is 11.6 Å². The van der Waals surface area contributed by atoms with Gasteiger partial charge in [0.25, 0.3) is 5.91 Å². The number of hydrogen-bond donors (Lipinski definition) is 2. The third-order valence-corrected chi connectivity index (χ3v) is 6.21. The zero-order valence-electron chi connectivity index (χ0n) is 17.8. The first-order valence-electron chi connectivity index (χ1n) is 10.00. The Kier molecular flexibility index (Phi) is 5.85. The van der Waals surface area contributed by atoms with Crippen LogP contribution in [0.5, 0.6) is 0 Å². The van der Waals surface area contributed by atoms with Gasteiger partial charge in [-0.15, -0.1) is 12.8 Å². The number of carbonyl (C=O) groups is 1. The van der Waals surface area contributed by atoms with E-state index in [0.717, 1.165) is 11.9 Å². The molecule has 4 rings (SSSR count). The number of amides is 1. The Morgan fingerprint density at radius 3 is 2.47 bits per heavy atom. The number of anilines is 1. The highest BCUT2D eigenvalue weighted by Crippen LogP contribution is 2.37. The van der Waals surface area contributed by atoms with Crippen molar-refractivity contribution in [3.05, 3.63) is 24.0 Å². The second kappa shape index (κ2) is 7.93. The minimum absolute atomic E-state index is 0.241. The first kappa shape index (κ1) is 22.1. The molecular weight excluding hydrogens is 386 g/mol. The Morgan fingerprint density at radius 2 is 1.93 bits per heavy atom. The summed E-state index contributed by atoms with van der Waals surface area (Å²) < 4.78 is 28.0. The van der Waals surface area contributed by atoms with Crippen molar-refractivity contribution in [3.63, 3.8) is 0 Å². The van der Waals surface area contributed by atoms with Gasteiger partial charge in [0, 0.05) is 11.7 Å². The summed E-state index contributed by atoms with van der Waals surface area (Å²) >= 11 is 0. The van der Waals surface area contributed by atoms with Crippen molar-refractivity contribution in [2.24, 2.45) is 5.73 Å². The molecule has 2 aliphatic rings. The number of carbonyl (C=O) groups excluding carboxylic acids is 1. The van der Waals surface area contributed by atoms with E-state index in [9.17, 15) is 9.18 Å². The average molecular weight is 414 g/mol. The smallest absolute Gasteiger partial charge is 0.399 e. The number of alkyl halides is 1. The Morgan fingerprint density at radius 1 is 1.30 bits per heavy atom. The number of primary amides is 1. The lowest BCUT2D eigenvalue weighted by molar-refractivity contribution is 0.00578. The number of hydrogen-bond acceptors (Lipinski definition) is 5. The molecule has 0 radical (unpaired) electrons. The zero-order chi connectivity index (χ0) is 22.3. The molecule has 0 aromatic carbocycles. The summed E-state index contributed by atoms with van der Waals surface area (Å²) in [6.07, 6.45) is 12.3. The van der Waals surface area contributed by atoms with Gasteiger partial charge in [0.2, 0.25) is 0 Å². The Balaban J connectivity index is 0.00000124. The number of terminal acetylenes is 1. The zero-order valence-corrected chi connectivity index (χ0v) is 17.8. The number of rotatable bonds is 4. The first-order chi connectivity index (χ1) is 14.1. The second-order valence-electron chi connectivity index (χ2n) is 8.69. The van der Waals surface area contributed by atoms with E-state index < -0.39 is 30.4 Å². The third-order valence-electron chi connectivity index (χ3n) is 6.21. The van der Waals surface area contributed by atoms with Crippen LogP contribution in [0.4, 0.5) is 10.1 Å². The average Bonchev–Trinajstić information content (AvgIpc) is 3.33. The van der Waals surface area contributed by atoms with E-state index in [2.05, 4.69) is 23.3 Å². The molecular formula is C21H28BFN4O3.